The van der Waals surface area contributed by atoms with Crippen LogP contribution in [-0.4, -0.2) is 56.0 Å². The van der Waals surface area contributed by atoms with Crippen molar-refractivity contribution >= 4 is 23.4 Å². The fourth-order valence-corrected chi connectivity index (χ4v) is 3.11. The maximum Gasteiger partial charge on any atom is 0.321 e. The third-order valence-electron chi connectivity index (χ3n) is 4.40. The summed E-state index contributed by atoms with van der Waals surface area (Å²) in [7, 11) is 3.53. The van der Waals surface area contributed by atoms with Crippen LogP contribution in [0.3, 0.4) is 0 Å². The molecule has 1 heterocycles. The van der Waals surface area contributed by atoms with E-state index in [0.29, 0.717) is 18.8 Å². The molecule has 0 fully saturated rings. The fraction of sp³-hybridized carbons (Fsp3) is 0.333. The van der Waals surface area contributed by atoms with Crippen molar-refractivity contribution in [2.24, 2.45) is 4.99 Å². The lowest BCUT2D eigenvalue weighted by atomic mass is 10.1. The molecule has 0 saturated heterocycles. The first-order valence-electron chi connectivity index (χ1n) is 8.97. The van der Waals surface area contributed by atoms with E-state index in [9.17, 15) is 4.79 Å². The maximum absolute atomic E-state index is 11.7. The lowest BCUT2D eigenvalue weighted by Gasteiger charge is -2.26. The number of methoxy groups -OCH3 is 1. The first-order valence-corrected chi connectivity index (χ1v) is 9.50. The van der Waals surface area contributed by atoms with Gasteiger partial charge in [0.05, 0.1) is 20.2 Å². The molecule has 0 N–H and O–H groups in total. The Labute approximate surface area is 169 Å². The topological polar surface area (TPSA) is 60.4 Å². The summed E-state index contributed by atoms with van der Waals surface area (Å²) in [4.78, 5) is 18.3. The van der Waals surface area contributed by atoms with Crippen molar-refractivity contribution in [2.75, 3.05) is 33.2 Å². The quantitative estimate of drug-likeness (QED) is 0.501. The van der Waals surface area contributed by atoms with Gasteiger partial charge in [-0.3, -0.25) is 9.79 Å². The van der Waals surface area contributed by atoms with Crippen LogP contribution in [0.25, 0.3) is 0 Å². The van der Waals surface area contributed by atoms with Crippen LogP contribution < -0.4 is 9.47 Å². The summed E-state index contributed by atoms with van der Waals surface area (Å²) in [5, 5.41) is 0. The van der Waals surface area contributed by atoms with Gasteiger partial charge < -0.3 is 19.1 Å². The molecule has 0 aliphatic carbocycles. The number of fused-ring (bicyclic) bond motifs is 1. The lowest BCUT2D eigenvalue weighted by molar-refractivity contribution is -0.147. The third kappa shape index (κ3) is 4.95. The second-order valence-electron chi connectivity index (χ2n) is 6.41. The van der Waals surface area contributed by atoms with Crippen molar-refractivity contribution < 1.29 is 19.0 Å². The summed E-state index contributed by atoms with van der Waals surface area (Å²) < 4.78 is 16.4. The molecule has 1 unspecified atom stereocenters. The number of rotatable bonds is 8. The zero-order valence-electron chi connectivity index (χ0n) is 15.9. The summed E-state index contributed by atoms with van der Waals surface area (Å²) >= 11 is 5.61. The van der Waals surface area contributed by atoms with E-state index in [0.717, 1.165) is 17.1 Å². The summed E-state index contributed by atoms with van der Waals surface area (Å²) in [6.45, 7) is 1.30. The molecule has 0 bridgehead atoms. The van der Waals surface area contributed by atoms with Crippen molar-refractivity contribution in [3.8, 4) is 11.5 Å². The Kier molecular flexibility index (Phi) is 6.76. The number of amidine groups is 1. The van der Waals surface area contributed by atoms with Gasteiger partial charge in [-0.2, -0.15) is 0 Å². The SMILES string of the molecule is COc1ccc(OCC(CN(C)C2=NCc3ccccc32)OC(=O)CCl)cc1. The molecule has 3 rings (SSSR count). The number of carbonyl (C=O) groups is 1. The molecule has 1 aliphatic rings. The highest BCUT2D eigenvalue weighted by Crippen LogP contribution is 2.21. The minimum atomic E-state index is -0.492. The van der Waals surface area contributed by atoms with Gasteiger partial charge in [-0.05, 0) is 29.8 Å². The summed E-state index contributed by atoms with van der Waals surface area (Å²) in [5.74, 6) is 1.61. The Balaban J connectivity index is 1.65. The predicted molar refractivity (Wildman–Crippen MR) is 108 cm³/mol. The average molecular weight is 403 g/mol. The first kappa shape index (κ1) is 20.0. The van der Waals surface area contributed by atoms with Crippen LogP contribution >= 0.6 is 11.6 Å². The zero-order valence-corrected chi connectivity index (χ0v) is 16.7. The van der Waals surface area contributed by atoms with Crippen molar-refractivity contribution in [1.29, 1.82) is 0 Å². The highest BCUT2D eigenvalue weighted by molar-refractivity contribution is 6.26. The number of hydrogen-bond acceptors (Lipinski definition) is 6. The van der Waals surface area contributed by atoms with Crippen LogP contribution in [0.4, 0.5) is 0 Å². The Hall–Kier alpha value is -2.73. The van der Waals surface area contributed by atoms with Crippen molar-refractivity contribution in [1.82, 2.24) is 4.90 Å². The minimum Gasteiger partial charge on any atom is -0.497 e. The zero-order chi connectivity index (χ0) is 19.9. The maximum atomic E-state index is 11.7. The molecule has 0 saturated carbocycles. The largest absolute Gasteiger partial charge is 0.497 e. The molecular formula is C21H23ClN2O4. The highest BCUT2D eigenvalue weighted by Gasteiger charge is 2.23. The van der Waals surface area contributed by atoms with Crippen molar-refractivity contribution in [3.63, 3.8) is 0 Å². The number of ether oxygens (including phenoxy) is 3. The molecule has 7 heteroatoms. The molecular weight excluding hydrogens is 380 g/mol. The third-order valence-corrected chi connectivity index (χ3v) is 4.62. The van der Waals surface area contributed by atoms with Crippen LogP contribution in [0.5, 0.6) is 11.5 Å². The fourth-order valence-electron chi connectivity index (χ4n) is 3.04. The van der Waals surface area contributed by atoms with Gasteiger partial charge in [0.15, 0.2) is 6.10 Å². The van der Waals surface area contributed by atoms with E-state index in [1.807, 2.05) is 42.3 Å². The van der Waals surface area contributed by atoms with E-state index in [4.69, 9.17) is 25.8 Å². The normalized spacial score (nSPS) is 13.3. The Morgan fingerprint density at radius 3 is 2.61 bits per heavy atom. The van der Waals surface area contributed by atoms with E-state index in [1.54, 1.807) is 19.2 Å². The van der Waals surface area contributed by atoms with Gasteiger partial charge in [0.2, 0.25) is 0 Å². The summed E-state index contributed by atoms with van der Waals surface area (Å²) in [5.41, 5.74) is 2.29. The number of aliphatic imine (C=N–C) groups is 1. The van der Waals surface area contributed by atoms with E-state index in [-0.39, 0.29) is 12.5 Å². The van der Waals surface area contributed by atoms with Gasteiger partial charge in [-0.1, -0.05) is 24.3 Å². The van der Waals surface area contributed by atoms with E-state index >= 15 is 0 Å². The summed E-state index contributed by atoms with van der Waals surface area (Å²) in [6, 6.07) is 15.3. The van der Waals surface area contributed by atoms with Gasteiger partial charge in [-0.15, -0.1) is 11.6 Å². The number of esters is 1. The van der Waals surface area contributed by atoms with E-state index in [2.05, 4.69) is 11.1 Å². The molecule has 6 nitrogen and oxygen atoms in total. The monoisotopic (exact) mass is 402 g/mol. The van der Waals surface area contributed by atoms with Gasteiger partial charge in [0, 0.05) is 12.6 Å². The second kappa shape index (κ2) is 9.46. The molecule has 2 aromatic carbocycles. The minimum absolute atomic E-state index is 0.202. The Morgan fingerprint density at radius 2 is 1.89 bits per heavy atom. The van der Waals surface area contributed by atoms with Crippen molar-refractivity contribution in [3.05, 3.63) is 59.7 Å². The molecule has 0 amide bonds. The first-order chi connectivity index (χ1) is 13.6. The van der Waals surface area contributed by atoms with Gasteiger partial charge >= 0.3 is 5.97 Å². The molecule has 0 spiro atoms. The van der Waals surface area contributed by atoms with Crippen molar-refractivity contribution in [2.45, 2.75) is 12.6 Å². The van der Waals surface area contributed by atoms with Crippen LogP contribution in [0, 0.1) is 0 Å². The van der Waals surface area contributed by atoms with Gasteiger partial charge in [0.25, 0.3) is 0 Å². The smallest absolute Gasteiger partial charge is 0.321 e. The molecule has 2 aromatic rings. The van der Waals surface area contributed by atoms with Gasteiger partial charge in [-0.25, -0.2) is 0 Å². The lowest BCUT2D eigenvalue weighted by Crippen LogP contribution is -2.39. The molecule has 1 aliphatic heterocycles. The molecule has 148 valence electrons. The number of alkyl halides is 1. The standard InChI is InChI=1S/C21H23ClN2O4/c1-24(21-19-6-4-3-5-15(19)12-23-21)13-18(28-20(25)11-22)14-27-17-9-7-16(26-2)8-10-17/h3-10,18H,11-14H2,1-2H3. The van der Waals surface area contributed by atoms with E-state index in [1.165, 1.54) is 5.56 Å². The molecule has 0 radical (unpaired) electrons. The predicted octanol–water partition coefficient (Wildman–Crippen LogP) is 3.12. The molecule has 1 atom stereocenters. The Bertz CT molecular complexity index is 839. The van der Waals surface area contributed by atoms with Crippen LogP contribution in [-0.2, 0) is 16.1 Å². The second-order valence-corrected chi connectivity index (χ2v) is 6.68. The number of halogens is 1. The number of hydrogen-bond donors (Lipinski definition) is 0. The molecule has 28 heavy (non-hydrogen) atoms. The number of nitrogens with zero attached hydrogens (tertiary/aromatic N) is 2. The number of benzene rings is 2. The van der Waals surface area contributed by atoms with Crippen LogP contribution in [0.1, 0.15) is 11.1 Å². The highest BCUT2D eigenvalue weighted by atomic mass is 35.5. The van der Waals surface area contributed by atoms with Crippen LogP contribution in [0.2, 0.25) is 0 Å². The summed E-state index contributed by atoms with van der Waals surface area (Å²) in [6.07, 6.45) is -0.492. The number of likely N-dealkylation sites (N-methyl/N-ethyl adjacent to an activating group) is 1. The number of carbonyl (C=O) groups excluding carboxylic acids is 1. The average Bonchev–Trinajstić information content (AvgIpc) is 3.16. The van der Waals surface area contributed by atoms with Gasteiger partial charge in [0.1, 0.15) is 29.8 Å². The van der Waals surface area contributed by atoms with E-state index < -0.39 is 12.1 Å². The Morgan fingerprint density at radius 1 is 1.18 bits per heavy atom. The van der Waals surface area contributed by atoms with Crippen LogP contribution in [0.15, 0.2) is 53.5 Å². The molecule has 0 aromatic heterocycles.